The van der Waals surface area contributed by atoms with Crippen molar-refractivity contribution in [3.63, 3.8) is 0 Å². The Bertz CT molecular complexity index is 440. The lowest BCUT2D eigenvalue weighted by Gasteiger charge is -2.05. The first-order valence-electron chi connectivity index (χ1n) is 5.16. The molecule has 0 bridgehead atoms. The van der Waals surface area contributed by atoms with Gasteiger partial charge in [0.15, 0.2) is 5.16 Å². The zero-order valence-electron chi connectivity index (χ0n) is 9.45. The van der Waals surface area contributed by atoms with Crippen LogP contribution in [-0.2, 0) is 7.05 Å². The number of thioether (sulfide) groups is 1. The number of hydrogen-bond acceptors (Lipinski definition) is 5. The molecule has 0 aliphatic rings. The third-order valence-corrected chi connectivity index (χ3v) is 2.92. The molecule has 1 rings (SSSR count). The molecule has 1 aromatic rings. The molecule has 0 saturated carbocycles. The summed E-state index contributed by atoms with van der Waals surface area (Å²) in [7, 11) is 1.66. The lowest BCUT2D eigenvalue weighted by atomic mass is 10.5. The van der Waals surface area contributed by atoms with E-state index in [0.717, 1.165) is 25.3 Å². The monoisotopic (exact) mass is 244 g/mol. The van der Waals surface area contributed by atoms with Gasteiger partial charge in [0, 0.05) is 19.3 Å². The summed E-state index contributed by atoms with van der Waals surface area (Å²) in [5.74, 6) is 0.812. The number of aromatic nitrogens is 3. The quantitative estimate of drug-likeness (QED) is 0.403. The molecule has 0 radical (unpaired) electrons. The van der Waals surface area contributed by atoms with Gasteiger partial charge in [0.2, 0.25) is 0 Å². The van der Waals surface area contributed by atoms with Crippen LogP contribution in [0.15, 0.2) is 14.7 Å². The predicted octanol–water partition coefficient (Wildman–Crippen LogP) is -0.440. The van der Waals surface area contributed by atoms with Crippen LogP contribution in [-0.4, -0.2) is 33.6 Å². The highest BCUT2D eigenvalue weighted by Crippen LogP contribution is 2.09. The van der Waals surface area contributed by atoms with Gasteiger partial charge in [-0.15, -0.1) is 0 Å². The minimum absolute atomic E-state index is 0.530. The van der Waals surface area contributed by atoms with E-state index >= 15 is 0 Å². The van der Waals surface area contributed by atoms with E-state index < -0.39 is 11.1 Å². The zero-order valence-corrected chi connectivity index (χ0v) is 10.3. The Morgan fingerprint density at radius 2 is 2.19 bits per heavy atom. The standard InChI is InChI=1S/C9H16N4O2S/c1-3-4-10-5-6-16-9-11-7(14)8(15)12-13(9)2/h10H,3-6H2,1-2H3,(H,12,15). The van der Waals surface area contributed by atoms with Crippen LogP contribution < -0.4 is 16.4 Å². The Hall–Kier alpha value is -1.08. The van der Waals surface area contributed by atoms with Gasteiger partial charge in [0.25, 0.3) is 0 Å². The summed E-state index contributed by atoms with van der Waals surface area (Å²) in [5, 5.41) is 6.18. The molecule has 0 aromatic carbocycles. The van der Waals surface area contributed by atoms with Crippen molar-refractivity contribution in [2.45, 2.75) is 18.5 Å². The van der Waals surface area contributed by atoms with Gasteiger partial charge >= 0.3 is 11.1 Å². The highest BCUT2D eigenvalue weighted by molar-refractivity contribution is 7.99. The maximum Gasteiger partial charge on any atom is 0.339 e. The van der Waals surface area contributed by atoms with Crippen LogP contribution in [0.5, 0.6) is 0 Å². The van der Waals surface area contributed by atoms with Gasteiger partial charge in [-0.1, -0.05) is 18.7 Å². The van der Waals surface area contributed by atoms with Crippen molar-refractivity contribution in [3.05, 3.63) is 20.7 Å². The maximum absolute atomic E-state index is 11.0. The summed E-state index contributed by atoms with van der Waals surface area (Å²) < 4.78 is 1.47. The summed E-state index contributed by atoms with van der Waals surface area (Å²) in [6, 6.07) is 0. The van der Waals surface area contributed by atoms with Crippen molar-refractivity contribution < 1.29 is 0 Å². The molecule has 90 valence electrons. The fourth-order valence-electron chi connectivity index (χ4n) is 1.11. The third kappa shape index (κ3) is 3.82. The van der Waals surface area contributed by atoms with E-state index in [0.29, 0.717) is 5.16 Å². The van der Waals surface area contributed by atoms with Crippen molar-refractivity contribution in [1.82, 2.24) is 20.1 Å². The van der Waals surface area contributed by atoms with Crippen LogP contribution >= 0.6 is 11.8 Å². The van der Waals surface area contributed by atoms with Gasteiger partial charge in [-0.3, -0.25) is 19.4 Å². The fourth-order valence-corrected chi connectivity index (χ4v) is 1.92. The molecule has 0 spiro atoms. The number of aryl methyl sites for hydroxylation is 1. The van der Waals surface area contributed by atoms with Gasteiger partial charge in [0.1, 0.15) is 0 Å². The largest absolute Gasteiger partial charge is 0.339 e. The van der Waals surface area contributed by atoms with Crippen molar-refractivity contribution in [3.8, 4) is 0 Å². The third-order valence-electron chi connectivity index (χ3n) is 1.88. The Balaban J connectivity index is 2.51. The van der Waals surface area contributed by atoms with Gasteiger partial charge < -0.3 is 5.32 Å². The van der Waals surface area contributed by atoms with E-state index in [1.54, 1.807) is 7.05 Å². The first kappa shape index (κ1) is 13.0. The fraction of sp³-hybridized carbons (Fsp3) is 0.667. The molecule has 0 saturated heterocycles. The van der Waals surface area contributed by atoms with Crippen LogP contribution in [0.4, 0.5) is 0 Å². The summed E-state index contributed by atoms with van der Waals surface area (Å²) in [6.45, 7) is 3.94. The van der Waals surface area contributed by atoms with Crippen molar-refractivity contribution in [1.29, 1.82) is 0 Å². The van der Waals surface area contributed by atoms with Crippen LogP contribution in [0.1, 0.15) is 13.3 Å². The Morgan fingerprint density at radius 3 is 2.88 bits per heavy atom. The Morgan fingerprint density at radius 1 is 1.44 bits per heavy atom. The second-order valence-electron chi connectivity index (χ2n) is 3.30. The minimum Gasteiger partial charge on any atom is -0.316 e. The lowest BCUT2D eigenvalue weighted by molar-refractivity contribution is 0.596. The molecule has 0 amide bonds. The van der Waals surface area contributed by atoms with Gasteiger partial charge in [0.05, 0.1) is 0 Å². The molecule has 0 aliphatic heterocycles. The molecule has 1 heterocycles. The maximum atomic E-state index is 11.0. The molecule has 0 atom stereocenters. The van der Waals surface area contributed by atoms with Gasteiger partial charge in [-0.25, -0.2) is 0 Å². The van der Waals surface area contributed by atoms with Crippen LogP contribution in [0, 0.1) is 0 Å². The highest BCUT2D eigenvalue weighted by atomic mass is 32.2. The van der Waals surface area contributed by atoms with E-state index in [2.05, 4.69) is 22.3 Å². The van der Waals surface area contributed by atoms with Gasteiger partial charge in [-0.05, 0) is 13.0 Å². The second kappa shape index (κ2) is 6.49. The van der Waals surface area contributed by atoms with Crippen LogP contribution in [0.3, 0.4) is 0 Å². The van der Waals surface area contributed by atoms with Crippen molar-refractivity contribution in [2.24, 2.45) is 7.05 Å². The molecule has 2 N–H and O–H groups in total. The normalized spacial score (nSPS) is 10.6. The topological polar surface area (TPSA) is 79.8 Å². The first-order valence-corrected chi connectivity index (χ1v) is 6.14. The SMILES string of the molecule is CCCNCCSc1nc(=O)c(=O)[nH]n1C. The highest BCUT2D eigenvalue weighted by Gasteiger charge is 2.03. The first-order chi connectivity index (χ1) is 7.65. The van der Waals surface area contributed by atoms with Crippen molar-refractivity contribution in [2.75, 3.05) is 18.8 Å². The number of nitrogens with one attached hydrogen (secondary N) is 2. The molecular formula is C9H16N4O2S. The molecule has 16 heavy (non-hydrogen) atoms. The minimum atomic E-state index is -0.734. The zero-order chi connectivity index (χ0) is 12.0. The molecule has 0 unspecified atom stereocenters. The predicted molar refractivity (Wildman–Crippen MR) is 64.0 cm³/mol. The molecular weight excluding hydrogens is 228 g/mol. The van der Waals surface area contributed by atoms with E-state index in [1.807, 2.05) is 0 Å². The average molecular weight is 244 g/mol. The molecule has 1 aromatic heterocycles. The summed E-state index contributed by atoms with van der Waals surface area (Å²) in [5.41, 5.74) is -1.42. The van der Waals surface area contributed by atoms with E-state index in [9.17, 15) is 9.59 Å². The number of rotatable bonds is 6. The second-order valence-corrected chi connectivity index (χ2v) is 4.36. The summed E-state index contributed by atoms with van der Waals surface area (Å²) in [6.07, 6.45) is 1.10. The smallest absolute Gasteiger partial charge is 0.316 e. The van der Waals surface area contributed by atoms with Crippen molar-refractivity contribution >= 4 is 11.8 Å². The van der Waals surface area contributed by atoms with Crippen LogP contribution in [0.2, 0.25) is 0 Å². The Labute approximate surface area is 97.5 Å². The number of aromatic amines is 1. The summed E-state index contributed by atoms with van der Waals surface area (Å²) >= 11 is 1.44. The average Bonchev–Trinajstić information content (AvgIpc) is 2.25. The number of hydrogen-bond donors (Lipinski definition) is 2. The number of nitrogens with zero attached hydrogens (tertiary/aromatic N) is 2. The molecule has 0 fully saturated rings. The van der Waals surface area contributed by atoms with E-state index in [-0.39, 0.29) is 0 Å². The molecule has 7 heteroatoms. The van der Waals surface area contributed by atoms with E-state index in [1.165, 1.54) is 16.4 Å². The van der Waals surface area contributed by atoms with E-state index in [4.69, 9.17) is 0 Å². The van der Waals surface area contributed by atoms with Gasteiger partial charge in [-0.2, -0.15) is 4.98 Å². The lowest BCUT2D eigenvalue weighted by Crippen LogP contribution is -2.34. The molecule has 0 aliphatic carbocycles. The number of H-pyrrole nitrogens is 1. The summed E-state index contributed by atoms with van der Waals surface area (Å²) in [4.78, 5) is 25.7. The molecule has 6 nitrogen and oxygen atoms in total. The Kier molecular flexibility index (Phi) is 5.27. The van der Waals surface area contributed by atoms with Crippen LogP contribution in [0.25, 0.3) is 0 Å².